The van der Waals surface area contributed by atoms with Gasteiger partial charge in [-0.15, -0.1) is 0 Å². The lowest BCUT2D eigenvalue weighted by Gasteiger charge is -2.21. The first-order valence-electron chi connectivity index (χ1n) is 19.0. The summed E-state index contributed by atoms with van der Waals surface area (Å²) in [6.45, 7) is 0. The summed E-state index contributed by atoms with van der Waals surface area (Å²) in [6.07, 6.45) is 7.49. The van der Waals surface area contributed by atoms with Crippen molar-refractivity contribution in [2.45, 2.75) is 0 Å². The molecule has 0 aliphatic heterocycles. The number of aromatic nitrogens is 2. The van der Waals surface area contributed by atoms with E-state index in [1.807, 2.05) is 36.9 Å². The molecule has 0 radical (unpaired) electrons. The molecule has 0 saturated carbocycles. The minimum absolute atomic E-state index is 1.10. The maximum atomic E-state index is 4.38. The van der Waals surface area contributed by atoms with Gasteiger partial charge in [0.05, 0.1) is 0 Å². The van der Waals surface area contributed by atoms with Crippen LogP contribution in [-0.2, 0) is 0 Å². The Morgan fingerprint density at radius 1 is 0.232 bits per heavy atom. The number of rotatable bonds is 7. The number of benzene rings is 8. The van der Waals surface area contributed by atoms with Gasteiger partial charge in [-0.1, -0.05) is 176 Å². The molecule has 0 atom stereocenters. The molecular formula is C54H36N2. The predicted octanol–water partition coefficient (Wildman–Crippen LogP) is 14.5. The molecule has 56 heavy (non-hydrogen) atoms. The fourth-order valence-electron chi connectivity index (χ4n) is 8.26. The van der Waals surface area contributed by atoms with E-state index < -0.39 is 0 Å². The second kappa shape index (κ2) is 14.4. The molecule has 2 heterocycles. The van der Waals surface area contributed by atoms with Crippen LogP contribution in [0, 0.1) is 0 Å². The normalized spacial score (nSPS) is 11.2. The average Bonchev–Trinajstić information content (AvgIpc) is 3.29. The third-order valence-electron chi connectivity index (χ3n) is 10.9. The standard InChI is InChI=1S/C54H36N2/c1-3-12-39(13-4-1)46-20-9-21-47(40-14-5-2-6-15-40)54(46)43-30-31-50-51(34-43)53(42-28-24-38(25-29-42)45-17-11-33-56-36-45)49-19-8-7-18-48(49)52(50)41-26-22-37(23-27-41)44-16-10-32-55-35-44/h1-36H. The highest BCUT2D eigenvalue weighted by Crippen LogP contribution is 2.47. The zero-order valence-electron chi connectivity index (χ0n) is 30.7. The van der Waals surface area contributed by atoms with E-state index in [1.165, 1.54) is 77.2 Å². The molecule has 10 rings (SSSR count). The first-order chi connectivity index (χ1) is 27.8. The number of fused-ring (bicyclic) bond motifs is 2. The molecule has 0 spiro atoms. The average molecular weight is 713 g/mol. The number of hydrogen-bond donors (Lipinski definition) is 0. The van der Waals surface area contributed by atoms with Gasteiger partial charge in [-0.2, -0.15) is 0 Å². The van der Waals surface area contributed by atoms with Crippen molar-refractivity contribution in [1.82, 2.24) is 9.97 Å². The van der Waals surface area contributed by atoms with Gasteiger partial charge in [-0.3, -0.25) is 9.97 Å². The van der Waals surface area contributed by atoms with Crippen LogP contribution < -0.4 is 0 Å². The van der Waals surface area contributed by atoms with Crippen LogP contribution in [0.4, 0.5) is 0 Å². The molecule has 0 aliphatic carbocycles. The summed E-state index contributed by atoms with van der Waals surface area (Å²) in [5, 5.41) is 4.87. The molecular weight excluding hydrogens is 677 g/mol. The van der Waals surface area contributed by atoms with Crippen LogP contribution in [0.2, 0.25) is 0 Å². The summed E-state index contributed by atoms with van der Waals surface area (Å²) in [6, 6.07) is 70.4. The zero-order chi connectivity index (χ0) is 37.3. The van der Waals surface area contributed by atoms with Crippen LogP contribution in [0.15, 0.2) is 219 Å². The van der Waals surface area contributed by atoms with Gasteiger partial charge in [0.15, 0.2) is 0 Å². The molecule has 10 aromatic rings. The third kappa shape index (κ3) is 6.04. The minimum Gasteiger partial charge on any atom is -0.264 e. The highest BCUT2D eigenvalue weighted by atomic mass is 14.6. The quantitative estimate of drug-likeness (QED) is 0.154. The second-order valence-corrected chi connectivity index (χ2v) is 14.2. The van der Waals surface area contributed by atoms with E-state index in [2.05, 4.69) is 192 Å². The largest absolute Gasteiger partial charge is 0.264 e. The molecule has 2 aromatic heterocycles. The van der Waals surface area contributed by atoms with Crippen LogP contribution in [0.3, 0.4) is 0 Å². The number of hydrogen-bond acceptors (Lipinski definition) is 2. The lowest BCUT2D eigenvalue weighted by molar-refractivity contribution is 1.33. The number of nitrogens with zero attached hydrogens (tertiary/aromatic N) is 2. The first-order valence-corrected chi connectivity index (χ1v) is 19.0. The predicted molar refractivity (Wildman–Crippen MR) is 235 cm³/mol. The van der Waals surface area contributed by atoms with Gasteiger partial charge in [0, 0.05) is 24.8 Å². The van der Waals surface area contributed by atoms with Crippen molar-refractivity contribution in [2.75, 3.05) is 0 Å². The molecule has 0 aliphatic rings. The van der Waals surface area contributed by atoms with Crippen molar-refractivity contribution in [2.24, 2.45) is 0 Å². The summed E-state index contributed by atoms with van der Waals surface area (Å²) in [5.41, 5.74) is 16.5. The minimum atomic E-state index is 1.10. The van der Waals surface area contributed by atoms with Crippen molar-refractivity contribution in [1.29, 1.82) is 0 Å². The van der Waals surface area contributed by atoms with Crippen molar-refractivity contribution in [3.63, 3.8) is 0 Å². The summed E-state index contributed by atoms with van der Waals surface area (Å²) in [7, 11) is 0. The Labute approximate surface area is 327 Å². The van der Waals surface area contributed by atoms with Crippen molar-refractivity contribution in [3.05, 3.63) is 219 Å². The lowest BCUT2D eigenvalue weighted by Crippen LogP contribution is -1.94. The monoisotopic (exact) mass is 712 g/mol. The Balaban J connectivity index is 1.26. The highest BCUT2D eigenvalue weighted by molar-refractivity contribution is 6.22. The molecule has 2 nitrogen and oxygen atoms in total. The Morgan fingerprint density at radius 2 is 0.643 bits per heavy atom. The van der Waals surface area contributed by atoms with Gasteiger partial charge in [0.1, 0.15) is 0 Å². The van der Waals surface area contributed by atoms with Gasteiger partial charge in [-0.05, 0) is 118 Å². The van der Waals surface area contributed by atoms with E-state index in [9.17, 15) is 0 Å². The topological polar surface area (TPSA) is 25.8 Å². The summed E-state index contributed by atoms with van der Waals surface area (Å²) in [4.78, 5) is 8.74. The molecule has 0 saturated heterocycles. The first kappa shape index (κ1) is 33.2. The van der Waals surface area contributed by atoms with Crippen LogP contribution in [0.25, 0.3) is 99.4 Å². The summed E-state index contributed by atoms with van der Waals surface area (Å²) < 4.78 is 0. The maximum Gasteiger partial charge on any atom is 0.0346 e. The zero-order valence-corrected chi connectivity index (χ0v) is 30.7. The summed E-state index contributed by atoms with van der Waals surface area (Å²) >= 11 is 0. The smallest absolute Gasteiger partial charge is 0.0346 e. The Hall–Kier alpha value is -7.42. The van der Waals surface area contributed by atoms with Crippen LogP contribution in [0.5, 0.6) is 0 Å². The molecule has 2 heteroatoms. The van der Waals surface area contributed by atoms with Crippen molar-refractivity contribution >= 4 is 21.5 Å². The Kier molecular flexibility index (Phi) is 8.55. The van der Waals surface area contributed by atoms with Gasteiger partial charge in [0.25, 0.3) is 0 Å². The van der Waals surface area contributed by atoms with Crippen LogP contribution in [-0.4, -0.2) is 9.97 Å². The van der Waals surface area contributed by atoms with E-state index in [0.717, 1.165) is 22.3 Å². The van der Waals surface area contributed by atoms with Gasteiger partial charge in [-0.25, -0.2) is 0 Å². The third-order valence-corrected chi connectivity index (χ3v) is 10.9. The SMILES string of the molecule is c1ccc(-c2cccc(-c3ccccc3)c2-c2ccc3c(-c4ccc(-c5cccnc5)cc4)c4ccccc4c(-c4ccc(-c5cccnc5)cc4)c3c2)cc1. The molecule has 8 aromatic carbocycles. The number of pyridine rings is 2. The molecule has 262 valence electrons. The van der Waals surface area contributed by atoms with E-state index in [0.29, 0.717) is 0 Å². The highest BCUT2D eigenvalue weighted by Gasteiger charge is 2.20. The Bertz CT molecular complexity index is 2900. The molecule has 0 unspecified atom stereocenters. The molecule has 0 bridgehead atoms. The summed E-state index contributed by atoms with van der Waals surface area (Å²) in [5.74, 6) is 0. The van der Waals surface area contributed by atoms with Crippen LogP contribution >= 0.6 is 0 Å². The van der Waals surface area contributed by atoms with E-state index >= 15 is 0 Å². The Morgan fingerprint density at radius 3 is 1.12 bits per heavy atom. The fraction of sp³-hybridized carbons (Fsp3) is 0. The lowest BCUT2D eigenvalue weighted by atomic mass is 9.82. The molecule has 0 N–H and O–H groups in total. The van der Waals surface area contributed by atoms with E-state index in [1.54, 1.807) is 0 Å². The molecule has 0 fully saturated rings. The van der Waals surface area contributed by atoms with Crippen LogP contribution in [0.1, 0.15) is 0 Å². The van der Waals surface area contributed by atoms with E-state index in [4.69, 9.17) is 0 Å². The van der Waals surface area contributed by atoms with Crippen molar-refractivity contribution in [3.8, 4) is 77.9 Å². The van der Waals surface area contributed by atoms with Gasteiger partial charge < -0.3 is 0 Å². The second-order valence-electron chi connectivity index (χ2n) is 14.2. The van der Waals surface area contributed by atoms with E-state index in [-0.39, 0.29) is 0 Å². The van der Waals surface area contributed by atoms with Gasteiger partial charge >= 0.3 is 0 Å². The fourth-order valence-corrected chi connectivity index (χ4v) is 8.26. The van der Waals surface area contributed by atoms with Gasteiger partial charge in [0.2, 0.25) is 0 Å². The maximum absolute atomic E-state index is 4.38. The molecule has 0 amide bonds. The van der Waals surface area contributed by atoms with Crippen molar-refractivity contribution < 1.29 is 0 Å².